The number of anilines is 1. The summed E-state index contributed by atoms with van der Waals surface area (Å²) in [6, 6.07) is 6.07. The van der Waals surface area contributed by atoms with Crippen LogP contribution in [0, 0.1) is 6.92 Å². The van der Waals surface area contributed by atoms with Crippen molar-refractivity contribution in [1.82, 2.24) is 4.31 Å². The van der Waals surface area contributed by atoms with Gasteiger partial charge in [-0.1, -0.05) is 17.7 Å². The van der Waals surface area contributed by atoms with Crippen LogP contribution in [-0.2, 0) is 26.3 Å². The third-order valence-electron chi connectivity index (χ3n) is 2.61. The molecule has 0 radical (unpaired) electrons. The number of hydrogen-bond acceptors (Lipinski definition) is 3. The predicted molar refractivity (Wildman–Crippen MR) is 91.9 cm³/mol. The van der Waals surface area contributed by atoms with Gasteiger partial charge in [-0.25, -0.2) is 4.21 Å². The zero-order valence-corrected chi connectivity index (χ0v) is 15.9. The van der Waals surface area contributed by atoms with Crippen LogP contribution in [0.5, 0.6) is 0 Å². The number of aryl methyl sites for hydroxylation is 1. The molecule has 0 bridgehead atoms. The zero-order chi connectivity index (χ0) is 16.6. The monoisotopic (exact) mass is 398 g/mol. The van der Waals surface area contributed by atoms with E-state index in [2.05, 4.69) is 0 Å². The molecule has 0 aliphatic rings. The molecule has 0 heterocycles. The number of thiol groups is 1. The summed E-state index contributed by atoms with van der Waals surface area (Å²) in [7, 11) is 0.719. The molecule has 0 spiro atoms. The van der Waals surface area contributed by atoms with Gasteiger partial charge in [0.15, 0.2) is 0 Å². The van der Waals surface area contributed by atoms with Crippen molar-refractivity contribution in [2.24, 2.45) is 0 Å². The van der Waals surface area contributed by atoms with Crippen molar-refractivity contribution in [3.8, 4) is 0 Å². The van der Waals surface area contributed by atoms with Gasteiger partial charge in [-0.3, -0.25) is 0 Å². The first-order valence-corrected chi connectivity index (χ1v) is 13.0. The second kappa shape index (κ2) is 6.21. The molecule has 11 heteroatoms. The second-order valence-electron chi connectivity index (χ2n) is 4.51. The van der Waals surface area contributed by atoms with Gasteiger partial charge in [-0.15, -0.1) is 0 Å². The maximum atomic E-state index is 14.0. The van der Waals surface area contributed by atoms with Crippen LogP contribution in [0.4, 0.5) is 9.57 Å². The molecule has 0 aromatic heterocycles. The average Bonchev–Trinajstić information content (AvgIpc) is 2.29. The summed E-state index contributed by atoms with van der Waals surface area (Å²) in [5, 5.41) is 0. The summed E-state index contributed by atoms with van der Waals surface area (Å²) >= 11 is 0. The highest BCUT2D eigenvalue weighted by molar-refractivity contribution is 8.73. The van der Waals surface area contributed by atoms with E-state index in [9.17, 15) is 16.5 Å². The Morgan fingerprint density at radius 2 is 1.52 bits per heavy atom. The number of halogens is 3. The lowest BCUT2D eigenvalue weighted by Crippen LogP contribution is -2.44. The maximum absolute atomic E-state index is 14.0. The van der Waals surface area contributed by atoms with Crippen molar-refractivity contribution in [1.29, 1.82) is 0 Å². The molecule has 0 aliphatic heterocycles. The third-order valence-corrected chi connectivity index (χ3v) is 14.9. The van der Waals surface area contributed by atoms with Crippen molar-refractivity contribution in [3.63, 3.8) is 0 Å². The summed E-state index contributed by atoms with van der Waals surface area (Å²) in [6.45, 7) is 1.80. The first-order valence-electron chi connectivity index (χ1n) is 5.59. The van der Waals surface area contributed by atoms with E-state index >= 15 is 0 Å². The minimum atomic E-state index is -4.50. The first-order chi connectivity index (χ1) is 9.31. The van der Waals surface area contributed by atoms with E-state index in [4.69, 9.17) is 21.4 Å². The zero-order valence-electron chi connectivity index (χ0n) is 11.8. The standard InChI is InChI=1S/C10H17Cl2FN2O3S3/c1-9-5-7-10(8-6-9)15(21(17,18)14(2)3)19(4,16)20(11,12)13/h5-8,20H,1-4H3. The minimum absolute atomic E-state index is 0.0325. The van der Waals surface area contributed by atoms with Gasteiger partial charge in [0.2, 0.25) is 0 Å². The number of rotatable bonds is 4. The predicted octanol–water partition coefficient (Wildman–Crippen LogP) is 2.43. The largest absolute Gasteiger partial charge is 0.314 e. The summed E-state index contributed by atoms with van der Waals surface area (Å²) < 4.78 is 52.8. The van der Waals surface area contributed by atoms with Gasteiger partial charge >= 0.3 is 10.2 Å². The van der Waals surface area contributed by atoms with Crippen LogP contribution in [0.1, 0.15) is 5.56 Å². The van der Waals surface area contributed by atoms with Crippen molar-refractivity contribution < 1.29 is 16.5 Å². The van der Waals surface area contributed by atoms with Gasteiger partial charge in [-0.2, -0.15) is 20.3 Å². The summed E-state index contributed by atoms with van der Waals surface area (Å²) in [6.07, 6.45) is 0.904. The Hall–Kier alpha value is -0.0600. The van der Waals surface area contributed by atoms with E-state index < -0.39 is 26.3 Å². The highest BCUT2D eigenvalue weighted by Crippen LogP contribution is 2.34. The molecule has 5 nitrogen and oxygen atoms in total. The lowest BCUT2D eigenvalue weighted by Gasteiger charge is -2.31. The molecule has 124 valence electrons. The van der Waals surface area contributed by atoms with E-state index in [1.165, 1.54) is 26.2 Å². The smallest absolute Gasteiger partial charge is 0.237 e. The third kappa shape index (κ3) is 3.83. The van der Waals surface area contributed by atoms with Gasteiger partial charge in [0.25, 0.3) is 0 Å². The molecule has 1 unspecified atom stereocenters. The second-order valence-corrected chi connectivity index (χ2v) is 17.5. The van der Waals surface area contributed by atoms with Crippen molar-refractivity contribution >= 4 is 53.3 Å². The van der Waals surface area contributed by atoms with E-state index in [0.29, 0.717) is 3.71 Å². The molecule has 0 saturated heterocycles. The van der Waals surface area contributed by atoms with Crippen LogP contribution in [0.15, 0.2) is 24.3 Å². The topological polar surface area (TPSA) is 57.7 Å². The minimum Gasteiger partial charge on any atom is -0.237 e. The molecule has 0 fully saturated rings. The fraction of sp³-hybridized carbons (Fsp3) is 0.400. The molecular weight excluding hydrogens is 382 g/mol. The first kappa shape index (κ1) is 19.0. The Bertz CT molecular complexity index is 757. The molecule has 0 N–H and O–H groups in total. The van der Waals surface area contributed by atoms with Crippen LogP contribution < -0.4 is 3.71 Å². The van der Waals surface area contributed by atoms with E-state index in [0.717, 1.165) is 16.1 Å². The van der Waals surface area contributed by atoms with Crippen molar-refractivity contribution in [3.05, 3.63) is 29.8 Å². The van der Waals surface area contributed by atoms with Gasteiger partial charge in [0, 0.05) is 20.4 Å². The lowest BCUT2D eigenvalue weighted by atomic mass is 10.2. The Morgan fingerprint density at radius 1 is 1.10 bits per heavy atom. The van der Waals surface area contributed by atoms with Gasteiger partial charge in [0.1, 0.15) is 8.68 Å². The summed E-state index contributed by atoms with van der Waals surface area (Å²) in [5.74, 6) is 0. The molecule has 0 saturated carbocycles. The van der Waals surface area contributed by atoms with E-state index in [1.807, 2.05) is 0 Å². The van der Waals surface area contributed by atoms with Gasteiger partial charge in [-0.05, 0) is 40.4 Å². The van der Waals surface area contributed by atoms with E-state index in [1.54, 1.807) is 19.1 Å². The van der Waals surface area contributed by atoms with Crippen LogP contribution in [0.3, 0.4) is 0 Å². The fourth-order valence-electron chi connectivity index (χ4n) is 1.40. The highest BCUT2D eigenvalue weighted by Gasteiger charge is 2.35. The molecule has 1 rings (SSSR count). The normalized spacial score (nSPS) is 16.6. The quantitative estimate of drug-likeness (QED) is 0.625. The summed E-state index contributed by atoms with van der Waals surface area (Å²) in [5.41, 5.74) is 0.895. The van der Waals surface area contributed by atoms with Crippen LogP contribution in [0.2, 0.25) is 0 Å². The van der Waals surface area contributed by atoms with Crippen LogP contribution in [0.25, 0.3) is 0 Å². The molecule has 1 aromatic rings. The van der Waals surface area contributed by atoms with Gasteiger partial charge < -0.3 is 0 Å². The van der Waals surface area contributed by atoms with Crippen molar-refractivity contribution in [2.45, 2.75) is 6.92 Å². The fourth-order valence-corrected chi connectivity index (χ4v) is 8.71. The average molecular weight is 399 g/mol. The highest BCUT2D eigenvalue weighted by atomic mass is 36.0. The number of hydrogen-bond donors (Lipinski definition) is 1. The summed E-state index contributed by atoms with van der Waals surface area (Å²) in [4.78, 5) is 0. The van der Waals surface area contributed by atoms with Crippen LogP contribution in [-0.4, -0.2) is 37.3 Å². The Morgan fingerprint density at radius 3 is 1.86 bits per heavy atom. The molecule has 0 amide bonds. The Kier molecular flexibility index (Phi) is 5.61. The molecule has 1 atom stereocenters. The number of nitrogens with zero attached hydrogens (tertiary/aromatic N) is 2. The van der Waals surface area contributed by atoms with Gasteiger partial charge in [0.05, 0.1) is 13.1 Å². The lowest BCUT2D eigenvalue weighted by molar-refractivity contribution is 0.522. The SMILES string of the molecule is Cc1ccc(N(S(=O)(=O)N(C)C)S(C)(=O)=[SH](F)(Cl)Cl)cc1. The maximum Gasteiger partial charge on any atom is 0.314 e. The van der Waals surface area contributed by atoms with E-state index in [-0.39, 0.29) is 5.69 Å². The molecule has 21 heavy (non-hydrogen) atoms. The van der Waals surface area contributed by atoms with Crippen LogP contribution >= 0.6 is 21.4 Å². The molecular formula is C10H17Cl2FN2O3S3. The Labute approximate surface area is 134 Å². The molecule has 1 aromatic carbocycles. The van der Waals surface area contributed by atoms with Crippen molar-refractivity contribution in [2.75, 3.05) is 24.1 Å². The Balaban J connectivity index is 3.79. The number of benzene rings is 1. The molecule has 0 aliphatic carbocycles.